The SMILES string of the molecule is C1CCC2NC(N3CCNCC3)=NC2C1. The largest absolute Gasteiger partial charge is 0.351 e. The van der Waals surface area contributed by atoms with Gasteiger partial charge in [0, 0.05) is 26.2 Å². The first-order chi connectivity index (χ1) is 7.43. The molecule has 1 aliphatic carbocycles. The summed E-state index contributed by atoms with van der Waals surface area (Å²) in [6.07, 6.45) is 5.33. The van der Waals surface area contributed by atoms with Gasteiger partial charge in [-0.2, -0.15) is 0 Å². The van der Waals surface area contributed by atoms with Gasteiger partial charge in [-0.05, 0) is 12.8 Å². The maximum absolute atomic E-state index is 4.84. The normalized spacial score (nSPS) is 35.7. The molecule has 2 aliphatic heterocycles. The number of piperazine rings is 1. The predicted octanol–water partition coefficient (Wildman–Crippen LogP) is 0.162. The number of hydrogen-bond acceptors (Lipinski definition) is 4. The molecule has 2 fully saturated rings. The van der Waals surface area contributed by atoms with Gasteiger partial charge in [0.15, 0.2) is 5.96 Å². The van der Waals surface area contributed by atoms with E-state index in [2.05, 4.69) is 15.5 Å². The van der Waals surface area contributed by atoms with Crippen LogP contribution in [0.1, 0.15) is 25.7 Å². The molecule has 4 nitrogen and oxygen atoms in total. The van der Waals surface area contributed by atoms with Crippen LogP contribution >= 0.6 is 0 Å². The maximum atomic E-state index is 4.84. The lowest BCUT2D eigenvalue weighted by Gasteiger charge is -2.29. The van der Waals surface area contributed by atoms with Gasteiger partial charge in [0.2, 0.25) is 0 Å². The van der Waals surface area contributed by atoms with E-state index in [1.165, 1.54) is 31.6 Å². The van der Waals surface area contributed by atoms with Crippen molar-refractivity contribution in [2.75, 3.05) is 26.2 Å². The smallest absolute Gasteiger partial charge is 0.194 e. The highest BCUT2D eigenvalue weighted by Gasteiger charge is 2.32. The topological polar surface area (TPSA) is 39.7 Å². The second-order valence-corrected chi connectivity index (χ2v) is 4.79. The number of nitrogens with zero attached hydrogens (tertiary/aromatic N) is 2. The number of fused-ring (bicyclic) bond motifs is 1. The highest BCUT2D eigenvalue weighted by molar-refractivity contribution is 5.82. The van der Waals surface area contributed by atoms with E-state index in [9.17, 15) is 0 Å². The van der Waals surface area contributed by atoms with Crippen molar-refractivity contribution in [1.29, 1.82) is 0 Å². The number of rotatable bonds is 0. The Morgan fingerprint density at radius 2 is 1.93 bits per heavy atom. The molecular weight excluding hydrogens is 188 g/mol. The molecule has 2 unspecified atom stereocenters. The average molecular weight is 208 g/mol. The number of nitrogens with one attached hydrogen (secondary N) is 2. The molecule has 4 heteroatoms. The summed E-state index contributed by atoms with van der Waals surface area (Å²) in [5.41, 5.74) is 0. The minimum Gasteiger partial charge on any atom is -0.351 e. The molecule has 0 aromatic carbocycles. The summed E-state index contributed by atoms with van der Waals surface area (Å²) in [6, 6.07) is 1.22. The van der Waals surface area contributed by atoms with Crippen molar-refractivity contribution < 1.29 is 0 Å². The molecule has 0 aromatic heterocycles. The van der Waals surface area contributed by atoms with Crippen molar-refractivity contribution in [3.05, 3.63) is 0 Å². The van der Waals surface area contributed by atoms with E-state index in [4.69, 9.17) is 4.99 Å². The Morgan fingerprint density at radius 1 is 1.13 bits per heavy atom. The average Bonchev–Trinajstić information content (AvgIpc) is 2.74. The van der Waals surface area contributed by atoms with Crippen LogP contribution in [-0.2, 0) is 0 Å². The zero-order valence-electron chi connectivity index (χ0n) is 9.21. The standard InChI is InChI=1S/C11H20N4/c1-2-4-10-9(3-1)13-11(14-10)15-7-5-12-6-8-15/h9-10,12H,1-8H2,(H,13,14). The minimum absolute atomic E-state index is 0.573. The van der Waals surface area contributed by atoms with Crippen LogP contribution < -0.4 is 10.6 Å². The number of guanidine groups is 1. The molecule has 1 saturated carbocycles. The van der Waals surface area contributed by atoms with Gasteiger partial charge in [-0.25, -0.2) is 4.99 Å². The van der Waals surface area contributed by atoms with E-state index in [0.29, 0.717) is 12.1 Å². The minimum atomic E-state index is 0.573. The van der Waals surface area contributed by atoms with Gasteiger partial charge in [-0.1, -0.05) is 12.8 Å². The molecule has 3 rings (SSSR count). The summed E-state index contributed by atoms with van der Waals surface area (Å²) < 4.78 is 0. The van der Waals surface area contributed by atoms with Crippen molar-refractivity contribution in [3.63, 3.8) is 0 Å². The monoisotopic (exact) mass is 208 g/mol. The Bertz CT molecular complexity index is 257. The van der Waals surface area contributed by atoms with Gasteiger partial charge in [0.25, 0.3) is 0 Å². The lowest BCUT2D eigenvalue weighted by Crippen LogP contribution is -2.51. The summed E-state index contributed by atoms with van der Waals surface area (Å²) in [6.45, 7) is 4.39. The molecule has 0 amide bonds. The maximum Gasteiger partial charge on any atom is 0.194 e. The molecule has 84 valence electrons. The van der Waals surface area contributed by atoms with Gasteiger partial charge in [0.1, 0.15) is 0 Å². The van der Waals surface area contributed by atoms with E-state index in [1.807, 2.05) is 0 Å². The van der Waals surface area contributed by atoms with Crippen LogP contribution in [0.25, 0.3) is 0 Å². The first kappa shape index (κ1) is 9.46. The first-order valence-electron chi connectivity index (χ1n) is 6.23. The zero-order chi connectivity index (χ0) is 10.1. The summed E-state index contributed by atoms with van der Waals surface area (Å²) >= 11 is 0. The van der Waals surface area contributed by atoms with Gasteiger partial charge in [0.05, 0.1) is 12.1 Å². The fourth-order valence-electron chi connectivity index (χ4n) is 2.84. The number of aliphatic imine (C=N–C) groups is 1. The van der Waals surface area contributed by atoms with Crippen molar-refractivity contribution in [1.82, 2.24) is 15.5 Å². The fraction of sp³-hybridized carbons (Fsp3) is 0.909. The van der Waals surface area contributed by atoms with Crippen molar-refractivity contribution in [3.8, 4) is 0 Å². The second kappa shape index (κ2) is 4.00. The lowest BCUT2D eigenvalue weighted by atomic mass is 9.92. The summed E-state index contributed by atoms with van der Waals surface area (Å²) in [7, 11) is 0. The van der Waals surface area contributed by atoms with E-state index in [1.54, 1.807) is 0 Å². The van der Waals surface area contributed by atoms with E-state index >= 15 is 0 Å². The molecule has 0 radical (unpaired) electrons. The summed E-state index contributed by atoms with van der Waals surface area (Å²) in [4.78, 5) is 7.24. The van der Waals surface area contributed by atoms with E-state index in [0.717, 1.165) is 26.2 Å². The molecule has 2 atom stereocenters. The van der Waals surface area contributed by atoms with Crippen LogP contribution in [0, 0.1) is 0 Å². The van der Waals surface area contributed by atoms with Crippen molar-refractivity contribution in [2.24, 2.45) is 4.99 Å². The molecule has 2 N–H and O–H groups in total. The van der Waals surface area contributed by atoms with Crippen molar-refractivity contribution >= 4 is 5.96 Å². The molecule has 3 aliphatic rings. The van der Waals surface area contributed by atoms with Crippen LogP contribution in [0.4, 0.5) is 0 Å². The van der Waals surface area contributed by atoms with E-state index in [-0.39, 0.29) is 0 Å². The molecule has 2 heterocycles. The van der Waals surface area contributed by atoms with Crippen LogP contribution in [0.3, 0.4) is 0 Å². The van der Waals surface area contributed by atoms with Crippen LogP contribution in [0.2, 0.25) is 0 Å². The fourth-order valence-corrected chi connectivity index (χ4v) is 2.84. The quantitative estimate of drug-likeness (QED) is 0.596. The highest BCUT2D eigenvalue weighted by atomic mass is 15.4. The second-order valence-electron chi connectivity index (χ2n) is 4.79. The molecule has 1 saturated heterocycles. The van der Waals surface area contributed by atoms with Gasteiger partial charge in [-0.3, -0.25) is 0 Å². The predicted molar refractivity (Wildman–Crippen MR) is 61.1 cm³/mol. The van der Waals surface area contributed by atoms with Crippen LogP contribution in [0.5, 0.6) is 0 Å². The van der Waals surface area contributed by atoms with Crippen molar-refractivity contribution in [2.45, 2.75) is 37.8 Å². The molecule has 0 aromatic rings. The highest BCUT2D eigenvalue weighted by Crippen LogP contribution is 2.25. The number of hydrogen-bond donors (Lipinski definition) is 2. The Labute approximate surface area is 91.1 Å². The van der Waals surface area contributed by atoms with Gasteiger partial charge >= 0.3 is 0 Å². The van der Waals surface area contributed by atoms with Crippen LogP contribution in [0.15, 0.2) is 4.99 Å². The third kappa shape index (κ3) is 1.83. The molecule has 0 bridgehead atoms. The Morgan fingerprint density at radius 3 is 2.73 bits per heavy atom. The Balaban J connectivity index is 1.66. The molecule has 0 spiro atoms. The summed E-state index contributed by atoms with van der Waals surface area (Å²) in [5.74, 6) is 1.17. The van der Waals surface area contributed by atoms with Gasteiger partial charge in [-0.15, -0.1) is 0 Å². The Hall–Kier alpha value is -0.770. The molecule has 15 heavy (non-hydrogen) atoms. The zero-order valence-corrected chi connectivity index (χ0v) is 9.21. The first-order valence-corrected chi connectivity index (χ1v) is 6.23. The van der Waals surface area contributed by atoms with Gasteiger partial charge < -0.3 is 15.5 Å². The Kier molecular flexibility index (Phi) is 2.52. The molecular formula is C11H20N4. The van der Waals surface area contributed by atoms with E-state index < -0.39 is 0 Å². The summed E-state index contributed by atoms with van der Waals surface area (Å²) in [5, 5.41) is 6.99. The third-order valence-electron chi connectivity index (χ3n) is 3.75. The third-order valence-corrected chi connectivity index (χ3v) is 3.75. The lowest BCUT2D eigenvalue weighted by molar-refractivity contribution is 0.343. The van der Waals surface area contributed by atoms with Crippen LogP contribution in [-0.4, -0.2) is 49.1 Å².